The maximum Gasteiger partial charge on any atom is 0.125 e. The van der Waals surface area contributed by atoms with Crippen LogP contribution in [-0.2, 0) is 0 Å². The lowest BCUT2D eigenvalue weighted by Gasteiger charge is -2.38. The van der Waals surface area contributed by atoms with Crippen LogP contribution in [-0.4, -0.2) is 25.2 Å². The Kier molecular flexibility index (Phi) is 3.41. The van der Waals surface area contributed by atoms with E-state index in [1.807, 2.05) is 6.07 Å². The molecule has 2 rings (SSSR count). The summed E-state index contributed by atoms with van der Waals surface area (Å²) in [6.45, 7) is 2.49. The molecule has 0 radical (unpaired) electrons. The lowest BCUT2D eigenvalue weighted by Crippen LogP contribution is -2.52. The molecule has 3 nitrogen and oxygen atoms in total. The van der Waals surface area contributed by atoms with Gasteiger partial charge in [-0.1, -0.05) is 6.07 Å². The minimum absolute atomic E-state index is 0.0843. The number of anilines is 1. The van der Waals surface area contributed by atoms with Gasteiger partial charge in [0, 0.05) is 12.2 Å². The summed E-state index contributed by atoms with van der Waals surface area (Å²) in [7, 11) is 0. The summed E-state index contributed by atoms with van der Waals surface area (Å²) in [5.41, 5.74) is 6.57. The van der Waals surface area contributed by atoms with E-state index >= 15 is 0 Å². The minimum Gasteiger partial charge on any atom is -0.378 e. The third-order valence-corrected chi connectivity index (χ3v) is 3.19. The Morgan fingerprint density at radius 3 is 2.75 bits per heavy atom. The smallest absolute Gasteiger partial charge is 0.125 e. The third kappa shape index (κ3) is 2.51. The van der Waals surface area contributed by atoms with Gasteiger partial charge >= 0.3 is 0 Å². The van der Waals surface area contributed by atoms with E-state index in [9.17, 15) is 4.39 Å². The molecule has 1 fully saturated rings. The lowest BCUT2D eigenvalue weighted by molar-refractivity contribution is 0.346. The number of benzene rings is 1. The van der Waals surface area contributed by atoms with Crippen LogP contribution in [0.5, 0.6) is 0 Å². The van der Waals surface area contributed by atoms with Crippen molar-refractivity contribution in [2.75, 3.05) is 25.0 Å². The van der Waals surface area contributed by atoms with E-state index in [-0.39, 0.29) is 11.4 Å². The van der Waals surface area contributed by atoms with Crippen LogP contribution in [0, 0.1) is 5.82 Å². The molecule has 0 saturated carbocycles. The van der Waals surface area contributed by atoms with Crippen molar-refractivity contribution in [3.63, 3.8) is 0 Å². The van der Waals surface area contributed by atoms with Crippen LogP contribution >= 0.6 is 0 Å². The van der Waals surface area contributed by atoms with Crippen molar-refractivity contribution >= 4 is 5.69 Å². The first kappa shape index (κ1) is 11.4. The number of piperidine rings is 1. The maximum absolute atomic E-state index is 13.1. The fraction of sp³-hybridized carbons (Fsp3) is 0.500. The van der Waals surface area contributed by atoms with Gasteiger partial charge in [0.15, 0.2) is 0 Å². The Bertz CT molecular complexity index is 348. The van der Waals surface area contributed by atoms with E-state index in [1.165, 1.54) is 12.1 Å². The second-order valence-corrected chi connectivity index (χ2v) is 4.37. The van der Waals surface area contributed by atoms with Gasteiger partial charge in [-0.3, -0.25) is 0 Å². The van der Waals surface area contributed by atoms with E-state index in [0.717, 1.165) is 31.6 Å². The van der Waals surface area contributed by atoms with Crippen molar-refractivity contribution < 1.29 is 4.39 Å². The molecule has 0 spiro atoms. The van der Waals surface area contributed by atoms with Gasteiger partial charge in [-0.15, -0.1) is 0 Å². The Morgan fingerprint density at radius 2 is 2.12 bits per heavy atom. The van der Waals surface area contributed by atoms with Crippen LogP contribution in [0.3, 0.4) is 0 Å². The van der Waals surface area contributed by atoms with Gasteiger partial charge in [-0.2, -0.15) is 0 Å². The van der Waals surface area contributed by atoms with Gasteiger partial charge in [0.2, 0.25) is 0 Å². The first-order chi connectivity index (χ1) is 7.74. The quantitative estimate of drug-likeness (QED) is 0.724. The van der Waals surface area contributed by atoms with Gasteiger partial charge in [-0.25, -0.2) is 4.39 Å². The van der Waals surface area contributed by atoms with E-state index in [1.54, 1.807) is 6.07 Å². The second kappa shape index (κ2) is 4.80. The summed E-state index contributed by atoms with van der Waals surface area (Å²) in [5, 5.41) is 6.68. The van der Waals surface area contributed by atoms with Gasteiger partial charge < -0.3 is 16.4 Å². The van der Waals surface area contributed by atoms with Crippen LogP contribution in [0.1, 0.15) is 12.8 Å². The predicted octanol–water partition coefficient (Wildman–Crippen LogP) is 1.32. The Hall–Kier alpha value is -1.13. The normalized spacial score (nSPS) is 19.4. The zero-order valence-corrected chi connectivity index (χ0v) is 9.30. The maximum atomic E-state index is 13.1. The standard InChI is InChI=1S/C12H18FN3/c13-10-2-1-3-11(8-10)16-12(9-14)4-6-15-7-5-12/h1-3,8,15-16H,4-7,9,14H2. The molecule has 1 aromatic carbocycles. The van der Waals surface area contributed by atoms with E-state index < -0.39 is 0 Å². The number of hydrogen-bond donors (Lipinski definition) is 3. The summed E-state index contributed by atoms with van der Waals surface area (Å²) in [6.07, 6.45) is 1.94. The first-order valence-electron chi connectivity index (χ1n) is 5.69. The minimum atomic E-state index is -0.217. The second-order valence-electron chi connectivity index (χ2n) is 4.37. The third-order valence-electron chi connectivity index (χ3n) is 3.19. The van der Waals surface area contributed by atoms with Gasteiger partial charge in [-0.05, 0) is 44.1 Å². The molecular weight excluding hydrogens is 205 g/mol. The summed E-state index contributed by atoms with van der Waals surface area (Å²) < 4.78 is 13.1. The number of rotatable bonds is 3. The molecule has 4 heteroatoms. The van der Waals surface area contributed by atoms with Crippen molar-refractivity contribution in [2.45, 2.75) is 18.4 Å². The molecule has 1 aliphatic heterocycles. The molecule has 0 bridgehead atoms. The molecule has 0 amide bonds. The molecule has 0 unspecified atom stereocenters. The number of hydrogen-bond acceptors (Lipinski definition) is 3. The van der Waals surface area contributed by atoms with Crippen LogP contribution < -0.4 is 16.4 Å². The van der Waals surface area contributed by atoms with Crippen LogP contribution in [0.4, 0.5) is 10.1 Å². The molecular formula is C12H18FN3. The van der Waals surface area contributed by atoms with E-state index in [2.05, 4.69) is 10.6 Å². The molecule has 1 heterocycles. The van der Waals surface area contributed by atoms with Crippen molar-refractivity contribution in [2.24, 2.45) is 5.73 Å². The monoisotopic (exact) mass is 223 g/mol. The number of nitrogens with one attached hydrogen (secondary N) is 2. The molecule has 88 valence electrons. The average molecular weight is 223 g/mol. The largest absolute Gasteiger partial charge is 0.378 e. The van der Waals surface area contributed by atoms with Crippen molar-refractivity contribution in [3.05, 3.63) is 30.1 Å². The summed E-state index contributed by atoms with van der Waals surface area (Å²) in [6, 6.07) is 6.55. The highest BCUT2D eigenvalue weighted by atomic mass is 19.1. The van der Waals surface area contributed by atoms with Gasteiger partial charge in [0.1, 0.15) is 5.82 Å². The molecule has 0 aliphatic carbocycles. The zero-order valence-electron chi connectivity index (χ0n) is 9.30. The summed E-state index contributed by atoms with van der Waals surface area (Å²) in [4.78, 5) is 0. The topological polar surface area (TPSA) is 50.1 Å². The SMILES string of the molecule is NCC1(Nc2cccc(F)c2)CCNCC1. The van der Waals surface area contributed by atoms with Crippen LogP contribution in [0.2, 0.25) is 0 Å². The highest BCUT2D eigenvalue weighted by Crippen LogP contribution is 2.23. The molecule has 1 aliphatic rings. The first-order valence-corrected chi connectivity index (χ1v) is 5.69. The summed E-state index contributed by atoms with van der Waals surface area (Å²) in [5.74, 6) is -0.217. The molecule has 0 aromatic heterocycles. The summed E-state index contributed by atoms with van der Waals surface area (Å²) >= 11 is 0. The number of nitrogens with two attached hydrogens (primary N) is 1. The Morgan fingerprint density at radius 1 is 1.38 bits per heavy atom. The fourth-order valence-electron chi connectivity index (χ4n) is 2.16. The highest BCUT2D eigenvalue weighted by Gasteiger charge is 2.30. The van der Waals surface area contributed by atoms with Crippen molar-refractivity contribution in [3.8, 4) is 0 Å². The molecule has 16 heavy (non-hydrogen) atoms. The number of halogens is 1. The van der Waals surface area contributed by atoms with E-state index in [4.69, 9.17) is 5.73 Å². The Labute approximate surface area is 95.2 Å². The van der Waals surface area contributed by atoms with E-state index in [0.29, 0.717) is 6.54 Å². The van der Waals surface area contributed by atoms with Crippen LogP contribution in [0.25, 0.3) is 0 Å². The molecule has 1 aromatic rings. The zero-order chi connectivity index (χ0) is 11.4. The fourth-order valence-corrected chi connectivity index (χ4v) is 2.16. The van der Waals surface area contributed by atoms with Crippen LogP contribution in [0.15, 0.2) is 24.3 Å². The lowest BCUT2D eigenvalue weighted by atomic mass is 9.88. The average Bonchev–Trinajstić information content (AvgIpc) is 2.30. The molecule has 0 atom stereocenters. The molecule has 1 saturated heterocycles. The highest BCUT2D eigenvalue weighted by molar-refractivity contribution is 5.46. The van der Waals surface area contributed by atoms with Crippen molar-refractivity contribution in [1.29, 1.82) is 0 Å². The van der Waals surface area contributed by atoms with Gasteiger partial charge in [0.25, 0.3) is 0 Å². The molecule has 4 N–H and O–H groups in total. The van der Waals surface area contributed by atoms with Gasteiger partial charge in [0.05, 0.1) is 5.54 Å². The Balaban J connectivity index is 2.11. The predicted molar refractivity (Wildman–Crippen MR) is 63.9 cm³/mol. The van der Waals surface area contributed by atoms with Crippen molar-refractivity contribution in [1.82, 2.24) is 5.32 Å².